The lowest BCUT2D eigenvalue weighted by Gasteiger charge is -1.75. The van der Waals surface area contributed by atoms with Gasteiger partial charge >= 0.3 is 0 Å². The van der Waals surface area contributed by atoms with Crippen LogP contribution in [0.3, 0.4) is 0 Å². The van der Waals surface area contributed by atoms with E-state index in [0.717, 1.165) is 0 Å². The fourth-order valence-electron chi connectivity index (χ4n) is 0.0500. The Morgan fingerprint density at radius 3 is 1.60 bits per heavy atom. The van der Waals surface area contributed by atoms with Crippen LogP contribution in [0.4, 0.5) is 0 Å². The molecule has 0 rings (SSSR count). The van der Waals surface area contributed by atoms with Gasteiger partial charge in [0.25, 0.3) is 0 Å². The van der Waals surface area contributed by atoms with E-state index in [2.05, 4.69) is 29.2 Å². The largest absolute Gasteiger partial charge is 0.199 e. The van der Waals surface area contributed by atoms with Crippen molar-refractivity contribution in [1.29, 1.82) is 0 Å². The van der Waals surface area contributed by atoms with Crippen molar-refractivity contribution in [3.8, 4) is 0 Å². The molecular weight excluding hydrogens is 66.0 g/mol. The van der Waals surface area contributed by atoms with E-state index in [1.165, 1.54) is 0 Å². The SMILES string of the molecule is C=NNN=C. The zero-order valence-corrected chi connectivity index (χ0v) is 2.81. The van der Waals surface area contributed by atoms with Crippen molar-refractivity contribution in [1.82, 2.24) is 5.53 Å². The number of nitrogens with zero attached hydrogens (tertiary/aromatic N) is 2. The van der Waals surface area contributed by atoms with Crippen LogP contribution in [0, 0.1) is 0 Å². The Labute approximate surface area is 30.4 Å². The summed E-state index contributed by atoms with van der Waals surface area (Å²) < 4.78 is 0. The van der Waals surface area contributed by atoms with Gasteiger partial charge in [0, 0.05) is 13.4 Å². The van der Waals surface area contributed by atoms with E-state index in [-0.39, 0.29) is 0 Å². The summed E-state index contributed by atoms with van der Waals surface area (Å²) in [4.78, 5) is 0. The summed E-state index contributed by atoms with van der Waals surface area (Å²) in [5, 5.41) is 6.25. The van der Waals surface area contributed by atoms with E-state index in [4.69, 9.17) is 0 Å². The van der Waals surface area contributed by atoms with Crippen molar-refractivity contribution < 1.29 is 0 Å². The molecule has 0 fully saturated rings. The first-order valence-corrected chi connectivity index (χ1v) is 1.08. The van der Waals surface area contributed by atoms with Crippen LogP contribution in [0.1, 0.15) is 0 Å². The van der Waals surface area contributed by atoms with Crippen LogP contribution in [0.5, 0.6) is 0 Å². The van der Waals surface area contributed by atoms with Crippen molar-refractivity contribution in [2.75, 3.05) is 0 Å². The highest BCUT2D eigenvalue weighted by atomic mass is 15.5. The highest BCUT2D eigenvalue weighted by Gasteiger charge is 1.42. The molecule has 5 heavy (non-hydrogen) atoms. The quantitative estimate of drug-likeness (QED) is 0.355. The Kier molecular flexibility index (Phi) is 2.60. The van der Waals surface area contributed by atoms with Gasteiger partial charge in [-0.25, -0.2) is 0 Å². The van der Waals surface area contributed by atoms with Gasteiger partial charge < -0.3 is 0 Å². The van der Waals surface area contributed by atoms with E-state index >= 15 is 0 Å². The maximum Gasteiger partial charge on any atom is 0.0126 e. The molecule has 0 radical (unpaired) electrons. The number of hydrazone groups is 2. The highest BCUT2D eigenvalue weighted by molar-refractivity contribution is 5.24. The van der Waals surface area contributed by atoms with E-state index < -0.39 is 0 Å². The fraction of sp³-hybridized carbons (Fsp3) is 0. The minimum atomic E-state index is 2.14. The number of nitrogens with one attached hydrogen (secondary N) is 1. The van der Waals surface area contributed by atoms with Crippen molar-refractivity contribution >= 4 is 13.4 Å². The van der Waals surface area contributed by atoms with Gasteiger partial charge in [-0.2, -0.15) is 15.7 Å². The molecule has 0 aliphatic carbocycles. The second kappa shape index (κ2) is 3.14. The molecule has 0 aromatic carbocycles. The Morgan fingerprint density at radius 2 is 1.60 bits per heavy atom. The molecule has 0 saturated heterocycles. The summed E-state index contributed by atoms with van der Waals surface area (Å²) in [6.45, 7) is 6.11. The van der Waals surface area contributed by atoms with E-state index in [0.29, 0.717) is 0 Å². The standard InChI is InChI=1S/C2H5N3/c1-3-5-4-2/h5H,1-2H2. The van der Waals surface area contributed by atoms with Gasteiger partial charge in [-0.05, 0) is 0 Å². The monoisotopic (exact) mass is 71.0 g/mol. The number of rotatable bonds is 2. The van der Waals surface area contributed by atoms with Crippen molar-refractivity contribution in [2.45, 2.75) is 0 Å². The van der Waals surface area contributed by atoms with Crippen LogP contribution in [-0.2, 0) is 0 Å². The second-order valence-corrected chi connectivity index (χ2v) is 0.416. The predicted octanol–water partition coefficient (Wildman–Crippen LogP) is -0.193. The van der Waals surface area contributed by atoms with Gasteiger partial charge in [-0.3, -0.25) is 0 Å². The van der Waals surface area contributed by atoms with Crippen LogP contribution in [-0.4, -0.2) is 13.4 Å². The average Bonchev–Trinajstić information content (AvgIpc) is 1.41. The van der Waals surface area contributed by atoms with Crippen LogP contribution < -0.4 is 5.53 Å². The summed E-state index contributed by atoms with van der Waals surface area (Å²) >= 11 is 0. The van der Waals surface area contributed by atoms with E-state index in [1.807, 2.05) is 0 Å². The molecule has 3 nitrogen and oxygen atoms in total. The van der Waals surface area contributed by atoms with Crippen molar-refractivity contribution in [2.24, 2.45) is 10.2 Å². The molecule has 0 aliphatic heterocycles. The third-order valence-corrected chi connectivity index (χ3v) is 0.141. The Morgan fingerprint density at radius 1 is 1.20 bits per heavy atom. The topological polar surface area (TPSA) is 36.8 Å². The van der Waals surface area contributed by atoms with Crippen LogP contribution in [0.15, 0.2) is 10.2 Å². The summed E-state index contributed by atoms with van der Waals surface area (Å²) in [6, 6.07) is 0. The summed E-state index contributed by atoms with van der Waals surface area (Å²) in [5.41, 5.74) is 2.14. The Hall–Kier alpha value is -0.860. The van der Waals surface area contributed by atoms with E-state index in [1.54, 1.807) is 0 Å². The summed E-state index contributed by atoms with van der Waals surface area (Å²) in [6.07, 6.45) is 0. The number of hydrogen-bond acceptors (Lipinski definition) is 3. The summed E-state index contributed by atoms with van der Waals surface area (Å²) in [7, 11) is 0. The molecule has 3 heteroatoms. The van der Waals surface area contributed by atoms with E-state index in [9.17, 15) is 0 Å². The molecular formula is C2H5N3. The number of hydrogen-bond donors (Lipinski definition) is 1. The van der Waals surface area contributed by atoms with Crippen LogP contribution in [0.2, 0.25) is 0 Å². The van der Waals surface area contributed by atoms with Gasteiger partial charge in [0.1, 0.15) is 0 Å². The Balaban J connectivity index is 2.65. The molecule has 0 aromatic heterocycles. The van der Waals surface area contributed by atoms with Gasteiger partial charge in [-0.1, -0.05) is 0 Å². The maximum atomic E-state index is 3.12. The molecule has 0 unspecified atom stereocenters. The van der Waals surface area contributed by atoms with Crippen molar-refractivity contribution in [3.05, 3.63) is 0 Å². The minimum Gasteiger partial charge on any atom is -0.199 e. The molecule has 0 aliphatic rings. The molecule has 0 amide bonds. The molecule has 0 aromatic rings. The first kappa shape index (κ1) is 4.14. The first-order chi connectivity index (χ1) is 2.41. The molecule has 0 heterocycles. The zero-order valence-electron chi connectivity index (χ0n) is 2.81. The molecule has 0 bridgehead atoms. The second-order valence-electron chi connectivity index (χ2n) is 0.416. The predicted molar refractivity (Wildman–Crippen MR) is 22.2 cm³/mol. The highest BCUT2D eigenvalue weighted by Crippen LogP contribution is 1.42. The average molecular weight is 71.1 g/mol. The smallest absolute Gasteiger partial charge is 0.0126 e. The summed E-state index contributed by atoms with van der Waals surface area (Å²) in [5.74, 6) is 0. The molecule has 0 atom stereocenters. The maximum absolute atomic E-state index is 3.12. The van der Waals surface area contributed by atoms with Gasteiger partial charge in [-0.15, -0.1) is 0 Å². The minimum absolute atomic E-state index is 2.14. The fourth-order valence-corrected chi connectivity index (χ4v) is 0.0500. The lowest BCUT2D eigenvalue weighted by atomic mass is 11.7. The van der Waals surface area contributed by atoms with Crippen molar-refractivity contribution in [3.63, 3.8) is 0 Å². The molecule has 1 N–H and O–H groups in total. The zero-order chi connectivity index (χ0) is 4.12. The molecule has 0 spiro atoms. The Bertz CT molecular complexity index is 34.2. The lowest BCUT2D eigenvalue weighted by Crippen LogP contribution is -1.86. The normalized spacial score (nSPS) is 5.60. The van der Waals surface area contributed by atoms with Crippen LogP contribution >= 0.6 is 0 Å². The lowest BCUT2D eigenvalue weighted by molar-refractivity contribution is 0.825. The first-order valence-electron chi connectivity index (χ1n) is 1.08. The van der Waals surface area contributed by atoms with Gasteiger partial charge in [0.2, 0.25) is 0 Å². The third kappa shape index (κ3) is 3.14. The molecule has 0 saturated carbocycles. The van der Waals surface area contributed by atoms with Gasteiger partial charge in [0.05, 0.1) is 0 Å². The molecule has 28 valence electrons. The van der Waals surface area contributed by atoms with Gasteiger partial charge in [0.15, 0.2) is 0 Å². The third-order valence-electron chi connectivity index (χ3n) is 0.141. The van der Waals surface area contributed by atoms with Crippen LogP contribution in [0.25, 0.3) is 0 Å².